The Morgan fingerprint density at radius 3 is 2.55 bits per heavy atom. The second kappa shape index (κ2) is 5.58. The Kier molecular flexibility index (Phi) is 4.04. The number of rotatable bonds is 3. The predicted octanol–water partition coefficient (Wildman–Crippen LogP) is 1.50. The highest BCUT2D eigenvalue weighted by atomic mass is 19.1. The lowest BCUT2D eigenvalue weighted by molar-refractivity contribution is -0.148. The topological polar surface area (TPSA) is 75.6 Å². The summed E-state index contributed by atoms with van der Waals surface area (Å²) >= 11 is 0. The predicted molar refractivity (Wildman–Crippen MR) is 69.0 cm³/mol. The van der Waals surface area contributed by atoms with Gasteiger partial charge in [-0.3, -0.25) is 4.79 Å². The van der Waals surface area contributed by atoms with Gasteiger partial charge in [-0.25, -0.2) is 9.18 Å². The van der Waals surface area contributed by atoms with E-state index in [4.69, 9.17) is 4.74 Å². The largest absolute Gasteiger partial charge is 0.480 e. The summed E-state index contributed by atoms with van der Waals surface area (Å²) < 4.78 is 18.6. The fourth-order valence-corrected chi connectivity index (χ4v) is 2.14. The van der Waals surface area contributed by atoms with E-state index in [0.717, 1.165) is 6.07 Å². The van der Waals surface area contributed by atoms with Crippen molar-refractivity contribution in [2.24, 2.45) is 0 Å². The van der Waals surface area contributed by atoms with Gasteiger partial charge in [-0.15, -0.1) is 0 Å². The Morgan fingerprint density at radius 2 is 2.00 bits per heavy atom. The number of carbonyl (C=O) groups excluding carboxylic acids is 1. The molecule has 5 nitrogen and oxygen atoms in total. The zero-order valence-electron chi connectivity index (χ0n) is 11.1. The van der Waals surface area contributed by atoms with Crippen LogP contribution in [0.5, 0.6) is 0 Å². The van der Waals surface area contributed by atoms with Crippen molar-refractivity contribution in [3.05, 3.63) is 35.1 Å². The Bertz CT molecular complexity index is 538. The zero-order chi connectivity index (χ0) is 14.8. The first-order chi connectivity index (χ1) is 9.44. The van der Waals surface area contributed by atoms with Gasteiger partial charge in [0.1, 0.15) is 11.4 Å². The maximum atomic E-state index is 13.5. The molecule has 0 saturated carbocycles. The van der Waals surface area contributed by atoms with E-state index >= 15 is 0 Å². The van der Waals surface area contributed by atoms with E-state index in [9.17, 15) is 19.1 Å². The highest BCUT2D eigenvalue weighted by Crippen LogP contribution is 2.22. The molecular weight excluding hydrogens is 265 g/mol. The van der Waals surface area contributed by atoms with Crippen LogP contribution in [0.1, 0.15) is 28.8 Å². The van der Waals surface area contributed by atoms with Crippen LogP contribution >= 0.6 is 0 Å². The molecule has 0 spiro atoms. The summed E-state index contributed by atoms with van der Waals surface area (Å²) in [5, 5.41) is 11.8. The van der Waals surface area contributed by atoms with Crippen LogP contribution in [0.2, 0.25) is 0 Å². The van der Waals surface area contributed by atoms with Crippen LogP contribution in [0, 0.1) is 12.7 Å². The van der Waals surface area contributed by atoms with Crippen LogP contribution in [-0.2, 0) is 9.53 Å². The van der Waals surface area contributed by atoms with E-state index in [2.05, 4.69) is 5.32 Å². The fourth-order valence-electron chi connectivity index (χ4n) is 2.14. The van der Waals surface area contributed by atoms with E-state index in [1.165, 1.54) is 12.1 Å². The minimum atomic E-state index is -1.34. The lowest BCUT2D eigenvalue weighted by atomic mass is 9.89. The summed E-state index contributed by atoms with van der Waals surface area (Å²) in [5.74, 6) is -2.18. The van der Waals surface area contributed by atoms with Gasteiger partial charge >= 0.3 is 5.97 Å². The van der Waals surface area contributed by atoms with Crippen LogP contribution in [-0.4, -0.2) is 35.7 Å². The molecule has 6 heteroatoms. The highest BCUT2D eigenvalue weighted by Gasteiger charge is 2.41. The summed E-state index contributed by atoms with van der Waals surface area (Å²) in [7, 11) is 0. The Balaban J connectivity index is 2.20. The van der Waals surface area contributed by atoms with E-state index in [-0.39, 0.29) is 31.6 Å². The van der Waals surface area contributed by atoms with Gasteiger partial charge < -0.3 is 15.2 Å². The first-order valence-corrected chi connectivity index (χ1v) is 6.34. The van der Waals surface area contributed by atoms with Gasteiger partial charge in [0, 0.05) is 31.6 Å². The number of aryl methyl sites for hydroxylation is 1. The van der Waals surface area contributed by atoms with E-state index in [1.807, 2.05) is 0 Å². The molecule has 1 aromatic rings. The van der Waals surface area contributed by atoms with E-state index in [0.29, 0.717) is 5.56 Å². The average molecular weight is 281 g/mol. The van der Waals surface area contributed by atoms with Crippen molar-refractivity contribution >= 4 is 11.9 Å². The molecule has 1 aromatic carbocycles. The molecule has 1 aliphatic heterocycles. The standard InChI is InChI=1S/C14H16FNO4/c1-9-2-3-10(8-11(9)15)12(17)16-14(13(18)19)4-6-20-7-5-14/h2-3,8H,4-7H2,1H3,(H,16,17)(H,18,19). The molecule has 2 N–H and O–H groups in total. The molecule has 0 unspecified atom stereocenters. The van der Waals surface area contributed by atoms with Crippen molar-refractivity contribution in [1.82, 2.24) is 5.32 Å². The van der Waals surface area contributed by atoms with Crippen LogP contribution in [0.3, 0.4) is 0 Å². The molecule has 0 atom stereocenters. The lowest BCUT2D eigenvalue weighted by Crippen LogP contribution is -2.57. The molecule has 20 heavy (non-hydrogen) atoms. The SMILES string of the molecule is Cc1ccc(C(=O)NC2(C(=O)O)CCOCC2)cc1F. The second-order valence-corrected chi connectivity index (χ2v) is 4.92. The lowest BCUT2D eigenvalue weighted by Gasteiger charge is -2.33. The van der Waals surface area contributed by atoms with Gasteiger partial charge in [0.25, 0.3) is 5.91 Å². The Hall–Kier alpha value is -1.95. The van der Waals surface area contributed by atoms with Crippen molar-refractivity contribution in [1.29, 1.82) is 0 Å². The monoisotopic (exact) mass is 281 g/mol. The van der Waals surface area contributed by atoms with Crippen LogP contribution < -0.4 is 5.32 Å². The third-order valence-corrected chi connectivity index (χ3v) is 3.54. The van der Waals surface area contributed by atoms with Crippen molar-refractivity contribution in [3.8, 4) is 0 Å². The summed E-state index contributed by atoms with van der Waals surface area (Å²) in [6.07, 6.45) is 0.394. The Morgan fingerprint density at radius 1 is 1.35 bits per heavy atom. The van der Waals surface area contributed by atoms with Crippen molar-refractivity contribution in [2.45, 2.75) is 25.3 Å². The summed E-state index contributed by atoms with van der Waals surface area (Å²) in [5.41, 5.74) is -0.794. The smallest absolute Gasteiger partial charge is 0.329 e. The minimum Gasteiger partial charge on any atom is -0.480 e. The van der Waals surface area contributed by atoms with Crippen LogP contribution in [0.15, 0.2) is 18.2 Å². The van der Waals surface area contributed by atoms with Gasteiger partial charge in [0.15, 0.2) is 0 Å². The zero-order valence-corrected chi connectivity index (χ0v) is 11.1. The number of hydrogen-bond acceptors (Lipinski definition) is 3. The average Bonchev–Trinajstić information content (AvgIpc) is 2.42. The van der Waals surface area contributed by atoms with Crippen LogP contribution in [0.25, 0.3) is 0 Å². The molecule has 1 fully saturated rings. The van der Waals surface area contributed by atoms with E-state index < -0.39 is 23.2 Å². The van der Waals surface area contributed by atoms with Gasteiger partial charge in [-0.1, -0.05) is 6.07 Å². The van der Waals surface area contributed by atoms with Gasteiger partial charge in [0.2, 0.25) is 0 Å². The van der Waals surface area contributed by atoms with Gasteiger partial charge in [0.05, 0.1) is 0 Å². The first kappa shape index (κ1) is 14.5. The van der Waals surface area contributed by atoms with Gasteiger partial charge in [-0.05, 0) is 24.6 Å². The number of ether oxygens (including phenoxy) is 1. The molecule has 0 bridgehead atoms. The molecule has 1 aliphatic rings. The van der Waals surface area contributed by atoms with Crippen molar-refractivity contribution < 1.29 is 23.8 Å². The second-order valence-electron chi connectivity index (χ2n) is 4.92. The molecule has 0 aliphatic carbocycles. The third kappa shape index (κ3) is 2.80. The molecule has 2 rings (SSSR count). The summed E-state index contributed by atoms with van der Waals surface area (Å²) in [6.45, 7) is 2.14. The number of halogens is 1. The number of carboxylic acid groups (broad SMARTS) is 1. The molecule has 108 valence electrons. The number of carboxylic acids is 1. The molecule has 1 amide bonds. The maximum Gasteiger partial charge on any atom is 0.329 e. The first-order valence-electron chi connectivity index (χ1n) is 6.34. The number of amides is 1. The number of nitrogens with one attached hydrogen (secondary N) is 1. The maximum absolute atomic E-state index is 13.5. The molecule has 0 radical (unpaired) electrons. The number of hydrogen-bond donors (Lipinski definition) is 2. The van der Waals surface area contributed by atoms with E-state index in [1.54, 1.807) is 6.92 Å². The molecule has 1 saturated heterocycles. The van der Waals surface area contributed by atoms with Crippen LogP contribution in [0.4, 0.5) is 4.39 Å². The molecule has 1 heterocycles. The summed E-state index contributed by atoms with van der Waals surface area (Å²) in [6, 6.07) is 4.07. The number of aliphatic carboxylic acids is 1. The molecular formula is C14H16FNO4. The number of carbonyl (C=O) groups is 2. The fraction of sp³-hybridized carbons (Fsp3) is 0.429. The molecule has 0 aromatic heterocycles. The van der Waals surface area contributed by atoms with Gasteiger partial charge in [-0.2, -0.15) is 0 Å². The van der Waals surface area contributed by atoms with Crippen molar-refractivity contribution in [3.63, 3.8) is 0 Å². The quantitative estimate of drug-likeness (QED) is 0.880. The summed E-state index contributed by atoms with van der Waals surface area (Å²) in [4.78, 5) is 23.5. The third-order valence-electron chi connectivity index (χ3n) is 3.54. The number of benzene rings is 1. The minimum absolute atomic E-state index is 0.111. The van der Waals surface area contributed by atoms with Crippen molar-refractivity contribution in [2.75, 3.05) is 13.2 Å². The Labute approximate surface area is 115 Å². The highest BCUT2D eigenvalue weighted by molar-refractivity contribution is 5.98. The normalized spacial score (nSPS) is 17.5.